The molecule has 0 aliphatic rings. The molecule has 5 nitrogen and oxygen atoms in total. The molecule has 0 unspecified atom stereocenters. The van der Waals surface area contributed by atoms with Gasteiger partial charge >= 0.3 is 0 Å². The highest BCUT2D eigenvalue weighted by Gasteiger charge is 2.12. The number of nitrogens with one attached hydrogen (secondary N) is 1. The molecule has 0 fully saturated rings. The topological polar surface area (TPSA) is 49.0 Å². The van der Waals surface area contributed by atoms with Crippen molar-refractivity contribution < 1.29 is 18.9 Å². The SMILES string of the molecule is COc1ccc(CCNCc2cccc(OC)c2OCc2ccc(Cl)c(Cl)c2)cc1OC. The quantitative estimate of drug-likeness (QED) is 0.348. The molecule has 7 heteroatoms. The maximum absolute atomic E-state index is 6.12. The van der Waals surface area contributed by atoms with E-state index in [1.165, 1.54) is 0 Å². The average Bonchev–Trinajstić information content (AvgIpc) is 2.82. The first-order valence-corrected chi connectivity index (χ1v) is 11.0. The zero-order valence-electron chi connectivity index (χ0n) is 18.4. The van der Waals surface area contributed by atoms with E-state index in [2.05, 4.69) is 5.32 Å². The van der Waals surface area contributed by atoms with Gasteiger partial charge in [0.25, 0.3) is 0 Å². The van der Waals surface area contributed by atoms with Gasteiger partial charge in [0.1, 0.15) is 6.61 Å². The van der Waals surface area contributed by atoms with Crippen LogP contribution in [0.15, 0.2) is 54.6 Å². The van der Waals surface area contributed by atoms with Crippen LogP contribution in [-0.4, -0.2) is 27.9 Å². The van der Waals surface area contributed by atoms with E-state index in [1.54, 1.807) is 33.5 Å². The van der Waals surface area contributed by atoms with Gasteiger partial charge in [-0.05, 0) is 54.4 Å². The Morgan fingerprint density at radius 3 is 2.22 bits per heavy atom. The van der Waals surface area contributed by atoms with Crippen molar-refractivity contribution in [2.24, 2.45) is 0 Å². The molecule has 0 heterocycles. The van der Waals surface area contributed by atoms with Crippen molar-refractivity contribution in [1.82, 2.24) is 5.32 Å². The number of rotatable bonds is 11. The van der Waals surface area contributed by atoms with Crippen LogP contribution in [0.2, 0.25) is 10.0 Å². The lowest BCUT2D eigenvalue weighted by atomic mass is 10.1. The van der Waals surface area contributed by atoms with E-state index >= 15 is 0 Å². The maximum Gasteiger partial charge on any atom is 0.166 e. The second-order valence-corrected chi connectivity index (χ2v) is 7.92. The van der Waals surface area contributed by atoms with Crippen molar-refractivity contribution in [1.29, 1.82) is 0 Å². The van der Waals surface area contributed by atoms with Crippen molar-refractivity contribution in [2.45, 2.75) is 19.6 Å². The van der Waals surface area contributed by atoms with Gasteiger partial charge < -0.3 is 24.3 Å². The number of methoxy groups -OCH3 is 3. The molecule has 32 heavy (non-hydrogen) atoms. The second-order valence-electron chi connectivity index (χ2n) is 7.10. The van der Waals surface area contributed by atoms with Crippen LogP contribution < -0.4 is 24.3 Å². The van der Waals surface area contributed by atoms with Crippen molar-refractivity contribution in [3.8, 4) is 23.0 Å². The second kappa shape index (κ2) is 11.9. The average molecular weight is 476 g/mol. The van der Waals surface area contributed by atoms with Crippen LogP contribution in [0.3, 0.4) is 0 Å². The minimum absolute atomic E-state index is 0.357. The highest BCUT2D eigenvalue weighted by Crippen LogP contribution is 2.32. The van der Waals surface area contributed by atoms with E-state index in [1.807, 2.05) is 42.5 Å². The molecule has 0 aliphatic carbocycles. The summed E-state index contributed by atoms with van der Waals surface area (Å²) in [6, 6.07) is 17.3. The highest BCUT2D eigenvalue weighted by atomic mass is 35.5. The van der Waals surface area contributed by atoms with Crippen LogP contribution in [0.25, 0.3) is 0 Å². The predicted molar refractivity (Wildman–Crippen MR) is 129 cm³/mol. The summed E-state index contributed by atoms with van der Waals surface area (Å²) in [6.45, 7) is 1.79. The number of hydrogen-bond donors (Lipinski definition) is 1. The predicted octanol–water partition coefficient (Wildman–Crippen LogP) is 5.93. The zero-order valence-corrected chi connectivity index (χ0v) is 19.9. The van der Waals surface area contributed by atoms with Gasteiger partial charge in [0.15, 0.2) is 23.0 Å². The summed E-state index contributed by atoms with van der Waals surface area (Å²) < 4.78 is 22.3. The molecule has 0 radical (unpaired) electrons. The summed E-state index contributed by atoms with van der Waals surface area (Å²) in [5, 5.41) is 4.50. The smallest absolute Gasteiger partial charge is 0.166 e. The molecule has 0 bridgehead atoms. The van der Waals surface area contributed by atoms with Crippen molar-refractivity contribution in [3.05, 3.63) is 81.3 Å². The molecular weight excluding hydrogens is 449 g/mol. The molecule has 3 aromatic carbocycles. The summed E-state index contributed by atoms with van der Waals surface area (Å²) in [4.78, 5) is 0. The molecule has 0 aromatic heterocycles. The van der Waals surface area contributed by atoms with Gasteiger partial charge in [-0.3, -0.25) is 0 Å². The Morgan fingerprint density at radius 1 is 0.750 bits per heavy atom. The fourth-order valence-electron chi connectivity index (χ4n) is 3.30. The van der Waals surface area contributed by atoms with E-state index in [4.69, 9.17) is 42.1 Å². The molecule has 0 atom stereocenters. The van der Waals surface area contributed by atoms with Crippen molar-refractivity contribution in [2.75, 3.05) is 27.9 Å². The minimum atomic E-state index is 0.357. The lowest BCUT2D eigenvalue weighted by molar-refractivity contribution is 0.280. The fourth-order valence-corrected chi connectivity index (χ4v) is 3.62. The first kappa shape index (κ1) is 24.1. The van der Waals surface area contributed by atoms with Gasteiger partial charge in [-0.1, -0.05) is 47.5 Å². The van der Waals surface area contributed by atoms with Crippen molar-refractivity contribution >= 4 is 23.2 Å². The summed E-state index contributed by atoms with van der Waals surface area (Å²) in [5.74, 6) is 2.85. The molecule has 170 valence electrons. The molecule has 0 spiro atoms. The number of ether oxygens (including phenoxy) is 4. The third-order valence-electron chi connectivity index (χ3n) is 5.00. The molecular formula is C25H27Cl2NO4. The maximum atomic E-state index is 6.12. The molecule has 0 amide bonds. The summed E-state index contributed by atoms with van der Waals surface area (Å²) in [6.07, 6.45) is 0.851. The lowest BCUT2D eigenvalue weighted by Gasteiger charge is -2.16. The Kier molecular flexibility index (Phi) is 8.91. The largest absolute Gasteiger partial charge is 0.493 e. The molecule has 3 aromatic rings. The normalized spacial score (nSPS) is 10.7. The van der Waals surface area contributed by atoms with Crippen LogP contribution in [0.4, 0.5) is 0 Å². The number of benzene rings is 3. The zero-order chi connectivity index (χ0) is 22.9. The van der Waals surface area contributed by atoms with E-state index in [0.29, 0.717) is 34.7 Å². The van der Waals surface area contributed by atoms with Crippen LogP contribution >= 0.6 is 23.2 Å². The monoisotopic (exact) mass is 475 g/mol. The minimum Gasteiger partial charge on any atom is -0.493 e. The Hall–Kier alpha value is -2.60. The van der Waals surface area contributed by atoms with Gasteiger partial charge in [-0.2, -0.15) is 0 Å². The van der Waals surface area contributed by atoms with E-state index in [0.717, 1.165) is 41.2 Å². The van der Waals surface area contributed by atoms with Gasteiger partial charge in [0.2, 0.25) is 0 Å². The van der Waals surface area contributed by atoms with E-state index < -0.39 is 0 Å². The van der Waals surface area contributed by atoms with Gasteiger partial charge in [0.05, 0.1) is 31.4 Å². The van der Waals surface area contributed by atoms with Gasteiger partial charge in [-0.15, -0.1) is 0 Å². The van der Waals surface area contributed by atoms with Gasteiger partial charge in [-0.25, -0.2) is 0 Å². The summed E-state index contributed by atoms with van der Waals surface area (Å²) >= 11 is 12.1. The Balaban J connectivity index is 1.62. The molecule has 0 saturated heterocycles. The Morgan fingerprint density at radius 2 is 1.50 bits per heavy atom. The van der Waals surface area contributed by atoms with Crippen LogP contribution in [0.5, 0.6) is 23.0 Å². The molecule has 1 N–H and O–H groups in total. The van der Waals surface area contributed by atoms with Gasteiger partial charge in [0, 0.05) is 12.1 Å². The standard InChI is InChI=1S/C25H27Cl2NO4/c1-29-22-10-8-17(14-24(22)31-3)11-12-28-15-19-5-4-6-23(30-2)25(19)32-16-18-7-9-20(26)21(27)13-18/h4-10,13-14,28H,11-12,15-16H2,1-3H3. The van der Waals surface area contributed by atoms with Crippen LogP contribution in [0.1, 0.15) is 16.7 Å². The van der Waals surface area contributed by atoms with E-state index in [9.17, 15) is 0 Å². The summed E-state index contributed by atoms with van der Waals surface area (Å²) in [7, 11) is 4.91. The number of halogens is 2. The summed E-state index contributed by atoms with van der Waals surface area (Å²) in [5.41, 5.74) is 3.10. The number of hydrogen-bond acceptors (Lipinski definition) is 5. The number of para-hydroxylation sites is 1. The van der Waals surface area contributed by atoms with E-state index in [-0.39, 0.29) is 0 Å². The Bertz CT molecular complexity index is 1040. The third kappa shape index (κ3) is 6.22. The highest BCUT2D eigenvalue weighted by molar-refractivity contribution is 6.42. The third-order valence-corrected chi connectivity index (χ3v) is 5.74. The van der Waals surface area contributed by atoms with Crippen LogP contribution in [-0.2, 0) is 19.6 Å². The Labute approximate surface area is 199 Å². The lowest BCUT2D eigenvalue weighted by Crippen LogP contribution is -2.17. The van der Waals surface area contributed by atoms with Crippen molar-refractivity contribution in [3.63, 3.8) is 0 Å². The molecule has 3 rings (SSSR count). The molecule has 0 saturated carbocycles. The first-order valence-electron chi connectivity index (χ1n) is 10.2. The fraction of sp³-hybridized carbons (Fsp3) is 0.280. The van der Waals surface area contributed by atoms with Crippen LogP contribution in [0, 0.1) is 0 Å². The molecule has 0 aliphatic heterocycles. The first-order chi connectivity index (χ1) is 15.5.